The lowest BCUT2D eigenvalue weighted by Gasteiger charge is -2.09. The molecule has 0 aliphatic heterocycles. The quantitative estimate of drug-likeness (QED) is 0.768. The first-order valence-electron chi connectivity index (χ1n) is 7.14. The van der Waals surface area contributed by atoms with Crippen LogP contribution in [-0.2, 0) is 11.0 Å². The number of aromatic nitrogens is 1. The number of benzene rings is 1. The van der Waals surface area contributed by atoms with Crippen molar-refractivity contribution in [3.63, 3.8) is 0 Å². The number of hydrogen-bond donors (Lipinski definition) is 0. The van der Waals surface area contributed by atoms with E-state index in [0.29, 0.717) is 17.5 Å². The van der Waals surface area contributed by atoms with Crippen LogP contribution in [0.25, 0.3) is 6.08 Å². The van der Waals surface area contributed by atoms with Crippen LogP contribution in [-0.4, -0.2) is 17.9 Å². The molecule has 0 amide bonds. The molecule has 7 heteroatoms. The van der Waals surface area contributed by atoms with Crippen molar-refractivity contribution in [1.82, 2.24) is 4.98 Å². The van der Waals surface area contributed by atoms with Crippen molar-refractivity contribution in [2.24, 2.45) is 0 Å². The number of hydrogen-bond acceptors (Lipinski definition) is 4. The summed E-state index contributed by atoms with van der Waals surface area (Å²) in [6.07, 6.45) is -1.25. The highest BCUT2D eigenvalue weighted by Crippen LogP contribution is 2.29. The number of methoxy groups -OCH3 is 1. The molecule has 0 saturated heterocycles. The lowest BCUT2D eigenvalue weighted by Crippen LogP contribution is -2.11. The van der Waals surface area contributed by atoms with Crippen LogP contribution in [0.4, 0.5) is 13.2 Å². The zero-order chi connectivity index (χ0) is 18.4. The number of allylic oxidation sites excluding steroid dienone is 1. The van der Waals surface area contributed by atoms with E-state index in [1.807, 2.05) is 0 Å². The van der Waals surface area contributed by atoms with Crippen molar-refractivity contribution >= 4 is 11.9 Å². The van der Waals surface area contributed by atoms with Crippen LogP contribution in [0.15, 0.2) is 48.7 Å². The summed E-state index contributed by atoms with van der Waals surface area (Å²) < 4.78 is 42.8. The standard InChI is InChI=1S/C18H13F3N2O2/c1-25-17-5-3-2-4-12(17)6-9-16(24)14(10-22)15-8-7-13(11-23-15)18(19,20)21/h2-9,11,14H,1H3/b9-6-/t14-/m0/s1. The summed E-state index contributed by atoms with van der Waals surface area (Å²) in [5.74, 6) is -1.32. The fourth-order valence-electron chi connectivity index (χ4n) is 2.09. The number of ketones is 1. The number of alkyl halides is 3. The molecule has 0 aliphatic carbocycles. The molecular formula is C18H13F3N2O2. The van der Waals surface area contributed by atoms with Crippen LogP contribution in [0.1, 0.15) is 22.7 Å². The predicted octanol–water partition coefficient (Wildman–Crippen LogP) is 4.00. The Morgan fingerprint density at radius 3 is 2.56 bits per heavy atom. The van der Waals surface area contributed by atoms with Crippen molar-refractivity contribution in [2.75, 3.05) is 7.11 Å². The van der Waals surface area contributed by atoms with E-state index in [2.05, 4.69) is 4.98 Å². The van der Waals surface area contributed by atoms with Crippen LogP contribution < -0.4 is 4.74 Å². The maximum absolute atomic E-state index is 12.5. The molecule has 0 radical (unpaired) electrons. The van der Waals surface area contributed by atoms with Gasteiger partial charge in [-0.3, -0.25) is 9.78 Å². The van der Waals surface area contributed by atoms with E-state index >= 15 is 0 Å². The molecule has 4 nitrogen and oxygen atoms in total. The number of nitriles is 1. The minimum Gasteiger partial charge on any atom is -0.496 e. The fraction of sp³-hybridized carbons (Fsp3) is 0.167. The van der Waals surface area contributed by atoms with E-state index in [1.54, 1.807) is 30.3 Å². The fourth-order valence-corrected chi connectivity index (χ4v) is 2.09. The van der Waals surface area contributed by atoms with Gasteiger partial charge in [0.2, 0.25) is 0 Å². The summed E-state index contributed by atoms with van der Waals surface area (Å²) in [7, 11) is 1.48. The Kier molecular flexibility index (Phi) is 5.55. The van der Waals surface area contributed by atoms with Gasteiger partial charge in [-0.05, 0) is 30.4 Å². The largest absolute Gasteiger partial charge is 0.496 e. The molecule has 1 atom stereocenters. The van der Waals surface area contributed by atoms with Gasteiger partial charge in [0, 0.05) is 11.8 Å². The molecule has 0 aliphatic rings. The van der Waals surface area contributed by atoms with Crippen LogP contribution in [0, 0.1) is 11.3 Å². The zero-order valence-electron chi connectivity index (χ0n) is 13.1. The Morgan fingerprint density at radius 1 is 1.28 bits per heavy atom. The number of rotatable bonds is 5. The van der Waals surface area contributed by atoms with Gasteiger partial charge in [0.25, 0.3) is 0 Å². The second-order valence-corrected chi connectivity index (χ2v) is 5.01. The van der Waals surface area contributed by atoms with Crippen LogP contribution in [0.3, 0.4) is 0 Å². The third kappa shape index (κ3) is 4.44. The van der Waals surface area contributed by atoms with Crippen molar-refractivity contribution in [3.05, 3.63) is 65.5 Å². The summed E-state index contributed by atoms with van der Waals surface area (Å²) >= 11 is 0. The van der Waals surface area contributed by atoms with Crippen molar-refractivity contribution < 1.29 is 22.7 Å². The minimum atomic E-state index is -4.53. The number of pyridine rings is 1. The van der Waals surface area contributed by atoms with Gasteiger partial charge in [0.05, 0.1) is 24.4 Å². The van der Waals surface area contributed by atoms with E-state index < -0.39 is 23.4 Å². The lowest BCUT2D eigenvalue weighted by molar-refractivity contribution is -0.137. The van der Waals surface area contributed by atoms with Crippen molar-refractivity contribution in [1.29, 1.82) is 5.26 Å². The maximum Gasteiger partial charge on any atom is 0.417 e. The Bertz CT molecular complexity index is 821. The highest BCUT2D eigenvalue weighted by molar-refractivity contribution is 6.00. The molecule has 2 aromatic rings. The molecule has 0 saturated carbocycles. The molecule has 128 valence electrons. The molecule has 25 heavy (non-hydrogen) atoms. The Balaban J connectivity index is 2.21. The number of carbonyl (C=O) groups is 1. The van der Waals surface area contributed by atoms with Crippen LogP contribution in [0.2, 0.25) is 0 Å². The van der Waals surface area contributed by atoms with Crippen molar-refractivity contribution in [2.45, 2.75) is 12.1 Å². The van der Waals surface area contributed by atoms with E-state index in [0.717, 1.165) is 12.1 Å². The van der Waals surface area contributed by atoms with E-state index in [1.165, 1.54) is 19.3 Å². The molecule has 0 N–H and O–H groups in total. The molecule has 0 spiro atoms. The number of para-hydroxylation sites is 1. The smallest absolute Gasteiger partial charge is 0.417 e. The summed E-state index contributed by atoms with van der Waals surface area (Å²) in [5, 5.41) is 9.19. The predicted molar refractivity (Wildman–Crippen MR) is 84.6 cm³/mol. The van der Waals surface area contributed by atoms with Gasteiger partial charge >= 0.3 is 6.18 Å². The highest BCUT2D eigenvalue weighted by Gasteiger charge is 2.31. The third-order valence-corrected chi connectivity index (χ3v) is 3.39. The number of ether oxygens (including phenoxy) is 1. The summed E-state index contributed by atoms with van der Waals surface area (Å²) in [6, 6.07) is 10.6. The summed E-state index contributed by atoms with van der Waals surface area (Å²) in [5.41, 5.74) is -0.342. The minimum absolute atomic E-state index is 0.0369. The molecular weight excluding hydrogens is 333 g/mol. The zero-order valence-corrected chi connectivity index (χ0v) is 13.1. The van der Waals surface area contributed by atoms with Gasteiger partial charge in [-0.1, -0.05) is 18.2 Å². The topological polar surface area (TPSA) is 63.0 Å². The first kappa shape index (κ1) is 18.2. The highest BCUT2D eigenvalue weighted by atomic mass is 19.4. The molecule has 0 unspecified atom stereocenters. The SMILES string of the molecule is COc1ccccc1/C=C\C(=O)[C@@H](C#N)c1ccc(C(F)(F)F)cn1. The molecule has 1 aromatic carbocycles. The summed E-state index contributed by atoms with van der Waals surface area (Å²) in [6.45, 7) is 0. The lowest BCUT2D eigenvalue weighted by atomic mass is 9.99. The summed E-state index contributed by atoms with van der Waals surface area (Å²) in [4.78, 5) is 15.8. The van der Waals surface area contributed by atoms with E-state index in [4.69, 9.17) is 4.74 Å². The Morgan fingerprint density at radius 2 is 2.00 bits per heavy atom. The van der Waals surface area contributed by atoms with Gasteiger partial charge in [0.1, 0.15) is 5.75 Å². The van der Waals surface area contributed by atoms with E-state index in [9.17, 15) is 23.2 Å². The monoisotopic (exact) mass is 346 g/mol. The molecule has 1 aromatic heterocycles. The molecule has 1 heterocycles. The van der Waals surface area contributed by atoms with Gasteiger partial charge in [-0.2, -0.15) is 18.4 Å². The first-order valence-corrected chi connectivity index (χ1v) is 7.14. The van der Waals surface area contributed by atoms with E-state index in [-0.39, 0.29) is 5.69 Å². The second-order valence-electron chi connectivity index (χ2n) is 5.01. The number of halogens is 3. The van der Waals surface area contributed by atoms with Crippen molar-refractivity contribution in [3.8, 4) is 11.8 Å². The average molecular weight is 346 g/mol. The van der Waals surface area contributed by atoms with Gasteiger partial charge in [0.15, 0.2) is 11.7 Å². The normalized spacial score (nSPS) is 12.6. The van der Waals surface area contributed by atoms with Gasteiger partial charge < -0.3 is 4.74 Å². The van der Waals surface area contributed by atoms with Crippen LogP contribution >= 0.6 is 0 Å². The third-order valence-electron chi connectivity index (χ3n) is 3.39. The number of carbonyl (C=O) groups excluding carboxylic acids is 1. The van der Waals surface area contributed by atoms with Gasteiger partial charge in [-0.25, -0.2) is 0 Å². The second kappa shape index (κ2) is 7.62. The Hall–Kier alpha value is -3.14. The molecule has 2 rings (SSSR count). The maximum atomic E-state index is 12.5. The average Bonchev–Trinajstić information content (AvgIpc) is 2.60. The van der Waals surface area contributed by atoms with Crippen LogP contribution in [0.5, 0.6) is 5.75 Å². The number of nitrogens with zero attached hydrogens (tertiary/aromatic N) is 2. The Labute approximate surface area is 142 Å². The van der Waals surface area contributed by atoms with Gasteiger partial charge in [-0.15, -0.1) is 0 Å². The molecule has 0 fully saturated rings. The first-order chi connectivity index (χ1) is 11.9. The molecule has 0 bridgehead atoms.